The van der Waals surface area contributed by atoms with Gasteiger partial charge in [0.15, 0.2) is 5.69 Å². The predicted octanol–water partition coefficient (Wildman–Crippen LogP) is 2.49. The number of hydrogen-bond donors (Lipinski definition) is 0. The molecule has 0 bridgehead atoms. The third kappa shape index (κ3) is 1.17. The maximum Gasteiger partial charge on any atom is 0.262 e. The van der Waals surface area contributed by atoms with Crippen LogP contribution in [0.15, 0.2) is 12.3 Å². The molecule has 0 aliphatic carbocycles. The topological polar surface area (TPSA) is 21.6 Å². The van der Waals surface area contributed by atoms with E-state index in [9.17, 15) is 0 Å². The van der Waals surface area contributed by atoms with Gasteiger partial charge in [0, 0.05) is 0 Å². The lowest BCUT2D eigenvalue weighted by Crippen LogP contribution is -1.76. The normalized spacial score (nSPS) is 8.27. The van der Waals surface area contributed by atoms with Crippen LogP contribution in [-0.2, 0) is 0 Å². The van der Waals surface area contributed by atoms with E-state index in [2.05, 4.69) is 14.7 Å². The van der Waals surface area contributed by atoms with Crippen LogP contribution in [0.25, 0.3) is 9.69 Å². The summed E-state index contributed by atoms with van der Waals surface area (Å²) in [4.78, 5) is 10.2. The summed E-state index contributed by atoms with van der Waals surface area (Å²) in [5, 5.41) is 0. The van der Waals surface area contributed by atoms with Crippen LogP contribution in [0.5, 0.6) is 0 Å². The van der Waals surface area contributed by atoms with E-state index in [4.69, 9.17) is 13.1 Å². The molecule has 3 heteroatoms. The Morgan fingerprint density at radius 1 is 1.36 bits per heavy atom. The van der Waals surface area contributed by atoms with Gasteiger partial charge in [-0.1, -0.05) is 13.5 Å². The molecule has 3 nitrogen and oxygen atoms in total. The maximum atomic E-state index is 6.75. The van der Waals surface area contributed by atoms with Crippen LogP contribution < -0.4 is 0 Å². The molecule has 0 aliphatic heterocycles. The summed E-state index contributed by atoms with van der Waals surface area (Å²) in [6, 6.07) is 1.61. The predicted molar refractivity (Wildman–Crippen MR) is 41.5 cm³/mol. The highest BCUT2D eigenvalue weighted by atomic mass is 14.9. The van der Waals surface area contributed by atoms with Gasteiger partial charge in [0.1, 0.15) is 6.20 Å². The number of nitrogens with zero attached hydrogens (tertiary/aromatic N) is 3. The highest BCUT2D eigenvalue weighted by molar-refractivity contribution is 5.61. The fraction of sp³-hybridized carbons (Fsp3) is 0.125. The van der Waals surface area contributed by atoms with E-state index in [1.54, 1.807) is 13.0 Å². The smallest absolute Gasteiger partial charge is 0.262 e. The lowest BCUT2D eigenvalue weighted by Gasteiger charge is -1.95. The standard InChI is InChI=1S/C8H5N3/c1-6-7(9-2)4-5-11-8(6)10-3/h4-5H,1H3. The quantitative estimate of drug-likeness (QED) is 0.511. The third-order valence-electron chi connectivity index (χ3n) is 1.38. The van der Waals surface area contributed by atoms with Crippen molar-refractivity contribution < 1.29 is 0 Å². The third-order valence-corrected chi connectivity index (χ3v) is 1.38. The van der Waals surface area contributed by atoms with Gasteiger partial charge in [0.2, 0.25) is 0 Å². The van der Waals surface area contributed by atoms with Gasteiger partial charge in [-0.15, -0.1) is 4.98 Å². The van der Waals surface area contributed by atoms with Crippen molar-refractivity contribution in [3.05, 3.63) is 40.7 Å². The molecule has 0 radical (unpaired) electrons. The molecular formula is C8H5N3. The Balaban J connectivity index is 3.38. The van der Waals surface area contributed by atoms with Gasteiger partial charge >= 0.3 is 0 Å². The van der Waals surface area contributed by atoms with Crippen molar-refractivity contribution >= 4 is 11.5 Å². The van der Waals surface area contributed by atoms with Crippen molar-refractivity contribution in [2.75, 3.05) is 0 Å². The second-order valence-electron chi connectivity index (χ2n) is 2.00. The number of pyridine rings is 1. The van der Waals surface area contributed by atoms with Crippen LogP contribution in [0.3, 0.4) is 0 Å². The van der Waals surface area contributed by atoms with E-state index in [-0.39, 0.29) is 0 Å². The van der Waals surface area contributed by atoms with Crippen LogP contribution >= 0.6 is 0 Å². The molecule has 0 atom stereocenters. The number of hydrogen-bond acceptors (Lipinski definition) is 1. The number of rotatable bonds is 0. The van der Waals surface area contributed by atoms with Crippen LogP contribution in [0.2, 0.25) is 0 Å². The van der Waals surface area contributed by atoms with Crippen LogP contribution in [0.1, 0.15) is 5.56 Å². The Morgan fingerprint density at radius 2 is 2.09 bits per heavy atom. The van der Waals surface area contributed by atoms with Gasteiger partial charge in [-0.3, -0.25) is 0 Å². The fourth-order valence-corrected chi connectivity index (χ4v) is 0.749. The molecule has 0 aliphatic rings. The van der Waals surface area contributed by atoms with E-state index in [1.165, 1.54) is 6.20 Å². The van der Waals surface area contributed by atoms with Crippen LogP contribution in [0, 0.1) is 20.1 Å². The monoisotopic (exact) mass is 143 g/mol. The van der Waals surface area contributed by atoms with E-state index < -0.39 is 0 Å². The van der Waals surface area contributed by atoms with Gasteiger partial charge in [0.05, 0.1) is 6.57 Å². The molecular weight excluding hydrogens is 138 g/mol. The van der Waals surface area contributed by atoms with Crippen molar-refractivity contribution in [1.29, 1.82) is 0 Å². The summed E-state index contributed by atoms with van der Waals surface area (Å²) in [5.74, 6) is 0.318. The first-order valence-electron chi connectivity index (χ1n) is 3.00. The molecule has 1 heterocycles. The van der Waals surface area contributed by atoms with E-state index in [0.717, 1.165) is 0 Å². The molecule has 1 aromatic heterocycles. The Labute approximate surface area is 65.0 Å². The SMILES string of the molecule is [C-]#[N+]c1ccnc([N+]#[C-])c1C. The molecule has 1 rings (SSSR count). The minimum atomic E-state index is 0.318. The molecule has 0 saturated heterocycles. The first-order valence-corrected chi connectivity index (χ1v) is 3.00. The molecule has 0 saturated carbocycles. The molecule has 11 heavy (non-hydrogen) atoms. The van der Waals surface area contributed by atoms with Crippen molar-refractivity contribution in [3.8, 4) is 0 Å². The Morgan fingerprint density at radius 3 is 2.64 bits per heavy atom. The highest BCUT2D eigenvalue weighted by Crippen LogP contribution is 2.24. The van der Waals surface area contributed by atoms with Crippen molar-refractivity contribution in [2.45, 2.75) is 6.92 Å². The average Bonchev–Trinajstić information content (AvgIpc) is 2.05. The Bertz CT molecular complexity index is 322. The fourth-order valence-electron chi connectivity index (χ4n) is 0.749. The molecule has 0 fully saturated rings. The van der Waals surface area contributed by atoms with Gasteiger partial charge < -0.3 is 4.85 Å². The summed E-state index contributed by atoms with van der Waals surface area (Å²) in [6.45, 7) is 15.2. The Kier molecular flexibility index (Phi) is 1.85. The second-order valence-corrected chi connectivity index (χ2v) is 2.00. The molecule has 0 spiro atoms. The van der Waals surface area contributed by atoms with Crippen LogP contribution in [0.4, 0.5) is 11.5 Å². The Hall–Kier alpha value is -1.87. The summed E-state index contributed by atoms with van der Waals surface area (Å²) in [5.41, 5.74) is 1.17. The minimum absolute atomic E-state index is 0.318. The number of aromatic nitrogens is 1. The van der Waals surface area contributed by atoms with Gasteiger partial charge in [-0.05, 0) is 11.6 Å². The molecule has 52 valence electrons. The molecule has 0 unspecified atom stereocenters. The average molecular weight is 143 g/mol. The zero-order valence-electron chi connectivity index (χ0n) is 6.00. The highest BCUT2D eigenvalue weighted by Gasteiger charge is 2.03. The van der Waals surface area contributed by atoms with Gasteiger partial charge in [-0.2, -0.15) is 0 Å². The first-order chi connectivity index (χ1) is 5.29. The largest absolute Gasteiger partial charge is 0.362 e. The second kappa shape index (κ2) is 2.81. The zero-order valence-corrected chi connectivity index (χ0v) is 6.00. The van der Waals surface area contributed by atoms with E-state index in [1.807, 2.05) is 0 Å². The zero-order chi connectivity index (χ0) is 8.27. The van der Waals surface area contributed by atoms with E-state index in [0.29, 0.717) is 17.1 Å². The lowest BCUT2D eigenvalue weighted by molar-refractivity contribution is 1.31. The molecule has 1 aromatic rings. The summed E-state index contributed by atoms with van der Waals surface area (Å²) in [7, 11) is 0. The van der Waals surface area contributed by atoms with Crippen LogP contribution in [-0.4, -0.2) is 4.98 Å². The summed E-state index contributed by atoms with van der Waals surface area (Å²) >= 11 is 0. The van der Waals surface area contributed by atoms with Crippen molar-refractivity contribution in [3.63, 3.8) is 0 Å². The van der Waals surface area contributed by atoms with Crippen molar-refractivity contribution in [2.24, 2.45) is 0 Å². The molecule has 0 amide bonds. The van der Waals surface area contributed by atoms with E-state index >= 15 is 0 Å². The molecule has 0 aromatic carbocycles. The van der Waals surface area contributed by atoms with Gasteiger partial charge in [0.25, 0.3) is 5.82 Å². The summed E-state index contributed by atoms with van der Waals surface area (Å²) in [6.07, 6.45) is 1.48. The maximum absolute atomic E-state index is 6.75. The first kappa shape index (κ1) is 7.24. The lowest BCUT2D eigenvalue weighted by atomic mass is 10.2. The summed E-state index contributed by atoms with van der Waals surface area (Å²) < 4.78 is 0. The van der Waals surface area contributed by atoms with Crippen molar-refractivity contribution in [1.82, 2.24) is 4.98 Å². The molecule has 0 N–H and O–H groups in total. The minimum Gasteiger partial charge on any atom is -0.362 e. The van der Waals surface area contributed by atoms with Gasteiger partial charge in [-0.25, -0.2) is 4.85 Å².